The number of unbranched alkanes of at least 4 members (excludes halogenated alkanes) is 1. The van der Waals surface area contributed by atoms with Gasteiger partial charge in [-0.3, -0.25) is 19.2 Å². The molecule has 0 aliphatic carbocycles. The molecule has 222 valence electrons. The summed E-state index contributed by atoms with van der Waals surface area (Å²) >= 11 is 0. The van der Waals surface area contributed by atoms with Crippen molar-refractivity contribution < 1.29 is 38.1 Å². The molecular weight excluding hydrogens is 492 g/mol. The molecule has 0 amide bonds. The molecule has 0 saturated heterocycles. The molecule has 38 heavy (non-hydrogen) atoms. The minimum absolute atomic E-state index is 0.152. The molecule has 10 nitrogen and oxygen atoms in total. The van der Waals surface area contributed by atoms with E-state index in [-0.39, 0.29) is 12.8 Å². The summed E-state index contributed by atoms with van der Waals surface area (Å²) in [6.07, 6.45) is 0.963. The van der Waals surface area contributed by atoms with E-state index in [1.165, 1.54) is 0 Å². The van der Waals surface area contributed by atoms with Gasteiger partial charge < -0.3 is 29.6 Å². The standard InChI is InChI=1S/C28H52N2O8/c1-25(2,3)35-21(31)17-19(23(33)37-27(7,8)9)29-15-13-14-16-30-20(24(34)38-28(10,11)12)18-22(32)36-26(4,5)6/h19-20,29-30H,13-18H2,1-12H3/t19-,20-/m0/s1. The van der Waals surface area contributed by atoms with E-state index in [2.05, 4.69) is 10.6 Å². The van der Waals surface area contributed by atoms with E-state index >= 15 is 0 Å². The first-order valence-electron chi connectivity index (χ1n) is 13.3. The number of nitrogens with one attached hydrogen (secondary N) is 2. The highest BCUT2D eigenvalue weighted by molar-refractivity contribution is 5.83. The molecule has 0 heterocycles. The average molecular weight is 545 g/mol. The van der Waals surface area contributed by atoms with Crippen molar-refractivity contribution in [1.29, 1.82) is 0 Å². The number of carbonyl (C=O) groups excluding carboxylic acids is 4. The lowest BCUT2D eigenvalue weighted by Gasteiger charge is -2.26. The van der Waals surface area contributed by atoms with Gasteiger partial charge in [-0.15, -0.1) is 0 Å². The third-order valence-corrected chi connectivity index (χ3v) is 4.35. The maximum atomic E-state index is 12.7. The first-order chi connectivity index (χ1) is 17.0. The Kier molecular flexibility index (Phi) is 14.0. The Hall–Kier alpha value is -2.20. The molecule has 2 atom stereocenters. The van der Waals surface area contributed by atoms with Crippen LogP contribution < -0.4 is 10.6 Å². The molecule has 0 aromatic heterocycles. The van der Waals surface area contributed by atoms with Crippen molar-refractivity contribution in [2.75, 3.05) is 13.1 Å². The maximum absolute atomic E-state index is 12.7. The van der Waals surface area contributed by atoms with E-state index in [0.717, 1.165) is 0 Å². The number of ether oxygens (including phenoxy) is 4. The highest BCUT2D eigenvalue weighted by Gasteiger charge is 2.30. The second kappa shape index (κ2) is 14.8. The van der Waals surface area contributed by atoms with Crippen molar-refractivity contribution in [3.63, 3.8) is 0 Å². The van der Waals surface area contributed by atoms with Crippen LogP contribution in [0, 0.1) is 0 Å². The van der Waals surface area contributed by atoms with E-state index in [1.807, 2.05) is 0 Å². The van der Waals surface area contributed by atoms with Crippen molar-refractivity contribution >= 4 is 23.9 Å². The van der Waals surface area contributed by atoms with Gasteiger partial charge in [0.05, 0.1) is 12.8 Å². The number of rotatable bonds is 13. The lowest BCUT2D eigenvalue weighted by molar-refractivity contribution is -0.164. The van der Waals surface area contributed by atoms with Crippen molar-refractivity contribution in [2.24, 2.45) is 0 Å². The molecule has 0 radical (unpaired) electrons. The molecule has 0 fully saturated rings. The zero-order chi connectivity index (χ0) is 29.9. The molecule has 0 aliphatic rings. The highest BCUT2D eigenvalue weighted by atomic mass is 16.6. The van der Waals surface area contributed by atoms with E-state index in [9.17, 15) is 19.2 Å². The molecule has 0 saturated carbocycles. The van der Waals surface area contributed by atoms with Crippen LogP contribution in [-0.4, -0.2) is 71.5 Å². The quantitative estimate of drug-likeness (QED) is 0.200. The molecule has 10 heteroatoms. The number of hydrogen-bond acceptors (Lipinski definition) is 10. The van der Waals surface area contributed by atoms with Crippen LogP contribution in [0.1, 0.15) is 109 Å². The van der Waals surface area contributed by atoms with Crippen LogP contribution >= 0.6 is 0 Å². The molecule has 2 N–H and O–H groups in total. The van der Waals surface area contributed by atoms with Crippen molar-refractivity contribution in [3.05, 3.63) is 0 Å². The van der Waals surface area contributed by atoms with Gasteiger partial charge in [-0.2, -0.15) is 0 Å². The van der Waals surface area contributed by atoms with Gasteiger partial charge in [-0.05, 0) is 109 Å². The smallest absolute Gasteiger partial charge is 0.324 e. The summed E-state index contributed by atoms with van der Waals surface area (Å²) in [5.74, 6) is -2.04. The monoisotopic (exact) mass is 544 g/mol. The molecule has 0 unspecified atom stereocenters. The Morgan fingerprint density at radius 2 is 0.763 bits per heavy atom. The first-order valence-corrected chi connectivity index (χ1v) is 13.3. The fourth-order valence-electron chi connectivity index (χ4n) is 3.13. The minimum atomic E-state index is -0.848. The van der Waals surface area contributed by atoms with Gasteiger partial charge in [0.1, 0.15) is 34.5 Å². The zero-order valence-electron chi connectivity index (χ0n) is 25.7. The first kappa shape index (κ1) is 35.8. The Morgan fingerprint density at radius 1 is 0.500 bits per heavy atom. The fourth-order valence-corrected chi connectivity index (χ4v) is 3.13. The van der Waals surface area contributed by atoms with Gasteiger partial charge in [0, 0.05) is 0 Å². The molecule has 0 aromatic carbocycles. The molecule has 0 aromatic rings. The summed E-state index contributed by atoms with van der Waals surface area (Å²) in [4.78, 5) is 50.0. The van der Waals surface area contributed by atoms with Crippen molar-refractivity contribution in [2.45, 2.75) is 143 Å². The Bertz CT molecular complexity index is 717. The third kappa shape index (κ3) is 19.9. The van der Waals surface area contributed by atoms with Crippen molar-refractivity contribution in [1.82, 2.24) is 10.6 Å². The Labute approximate surface area is 229 Å². The molecule has 0 spiro atoms. The Morgan fingerprint density at radius 3 is 1.00 bits per heavy atom. The summed E-state index contributed by atoms with van der Waals surface area (Å²) in [5, 5.41) is 6.18. The number of carbonyl (C=O) groups is 4. The van der Waals surface area contributed by atoms with E-state index < -0.39 is 58.4 Å². The van der Waals surface area contributed by atoms with E-state index in [4.69, 9.17) is 18.9 Å². The van der Waals surface area contributed by atoms with Crippen LogP contribution in [0.5, 0.6) is 0 Å². The molecule has 0 rings (SSSR count). The topological polar surface area (TPSA) is 129 Å². The van der Waals surface area contributed by atoms with Crippen LogP contribution in [0.15, 0.2) is 0 Å². The van der Waals surface area contributed by atoms with Gasteiger partial charge in [0.2, 0.25) is 0 Å². The average Bonchev–Trinajstić information content (AvgIpc) is 2.62. The van der Waals surface area contributed by atoms with Crippen LogP contribution in [0.4, 0.5) is 0 Å². The highest BCUT2D eigenvalue weighted by Crippen LogP contribution is 2.15. The normalized spacial score (nSPS) is 14.3. The van der Waals surface area contributed by atoms with E-state index in [1.54, 1.807) is 83.1 Å². The van der Waals surface area contributed by atoms with E-state index in [0.29, 0.717) is 25.9 Å². The lowest BCUT2D eigenvalue weighted by Crippen LogP contribution is -2.45. The SMILES string of the molecule is CC(C)(C)OC(=O)C[C@H](NCCCCN[C@@H](CC(=O)OC(C)(C)C)C(=O)OC(C)(C)C)C(=O)OC(C)(C)C. The summed E-state index contributed by atoms with van der Waals surface area (Å²) in [6, 6.07) is -1.70. The van der Waals surface area contributed by atoms with Crippen LogP contribution in [-0.2, 0) is 38.1 Å². The largest absolute Gasteiger partial charge is 0.460 e. The molecular formula is C28H52N2O8. The predicted octanol–water partition coefficient (Wildman–Crippen LogP) is 3.83. The second-order valence-electron chi connectivity index (χ2n) is 13.4. The van der Waals surface area contributed by atoms with Gasteiger partial charge >= 0.3 is 23.9 Å². The number of esters is 4. The minimum Gasteiger partial charge on any atom is -0.460 e. The van der Waals surface area contributed by atoms with Gasteiger partial charge in [-0.25, -0.2) is 0 Å². The van der Waals surface area contributed by atoms with Gasteiger partial charge in [-0.1, -0.05) is 0 Å². The summed E-state index contributed by atoms with van der Waals surface area (Å²) < 4.78 is 21.6. The van der Waals surface area contributed by atoms with Crippen molar-refractivity contribution in [3.8, 4) is 0 Å². The summed E-state index contributed by atoms with van der Waals surface area (Å²) in [7, 11) is 0. The third-order valence-electron chi connectivity index (χ3n) is 4.35. The van der Waals surface area contributed by atoms with Crippen LogP contribution in [0.25, 0.3) is 0 Å². The van der Waals surface area contributed by atoms with Crippen LogP contribution in [0.3, 0.4) is 0 Å². The van der Waals surface area contributed by atoms with Gasteiger partial charge in [0.25, 0.3) is 0 Å². The Balaban J connectivity index is 4.98. The summed E-state index contributed by atoms with van der Waals surface area (Å²) in [6.45, 7) is 22.0. The lowest BCUT2D eigenvalue weighted by atomic mass is 10.1. The maximum Gasteiger partial charge on any atom is 0.324 e. The number of hydrogen-bond donors (Lipinski definition) is 2. The van der Waals surface area contributed by atoms with Crippen LogP contribution in [0.2, 0.25) is 0 Å². The molecule has 0 aliphatic heterocycles. The zero-order valence-corrected chi connectivity index (χ0v) is 25.7. The predicted molar refractivity (Wildman–Crippen MR) is 145 cm³/mol. The molecule has 0 bridgehead atoms. The summed E-state index contributed by atoms with van der Waals surface area (Å²) in [5.41, 5.74) is -2.71. The fraction of sp³-hybridized carbons (Fsp3) is 0.857. The second-order valence-corrected chi connectivity index (χ2v) is 13.4. The van der Waals surface area contributed by atoms with Gasteiger partial charge in [0.15, 0.2) is 0 Å².